The van der Waals surface area contributed by atoms with Crippen molar-refractivity contribution in [3.05, 3.63) is 11.9 Å². The van der Waals surface area contributed by atoms with Crippen LogP contribution in [0.25, 0.3) is 11.3 Å². The van der Waals surface area contributed by atoms with Gasteiger partial charge in [-0.2, -0.15) is 28.2 Å². The molecule has 4 rings (SSSR count). The summed E-state index contributed by atoms with van der Waals surface area (Å²) in [6.07, 6.45) is -1.66. The lowest BCUT2D eigenvalue weighted by atomic mass is 9.98. The van der Waals surface area contributed by atoms with Gasteiger partial charge in [0.15, 0.2) is 12.4 Å². The standard InChI is InChI=1S/C17H19F3N6O2/c1-8-12-13(24-26(3)23-12)11-10(28-7-17(18,19)20)6-21-15(14(11)25(8)2)22-16(27)9-4-5-9/h6,8-9H,4-5,7H2,1-3H3,(H,21,22,27). The average molecular weight is 396 g/mol. The molecule has 1 atom stereocenters. The van der Waals surface area contributed by atoms with E-state index in [9.17, 15) is 18.0 Å². The minimum Gasteiger partial charge on any atom is -0.482 e. The molecule has 2 aromatic rings. The first-order valence-corrected chi connectivity index (χ1v) is 8.83. The van der Waals surface area contributed by atoms with E-state index in [1.165, 1.54) is 11.0 Å². The number of carbonyl (C=O) groups excluding carboxylic acids is 1. The van der Waals surface area contributed by atoms with Gasteiger partial charge >= 0.3 is 6.18 Å². The Kier molecular flexibility index (Phi) is 4.20. The quantitative estimate of drug-likeness (QED) is 0.855. The van der Waals surface area contributed by atoms with Gasteiger partial charge in [0.2, 0.25) is 5.91 Å². The van der Waals surface area contributed by atoms with Crippen molar-refractivity contribution in [1.82, 2.24) is 20.0 Å². The highest BCUT2D eigenvalue weighted by Crippen LogP contribution is 2.49. The van der Waals surface area contributed by atoms with E-state index in [0.29, 0.717) is 22.6 Å². The maximum Gasteiger partial charge on any atom is 0.422 e. The second-order valence-corrected chi connectivity index (χ2v) is 7.07. The lowest BCUT2D eigenvalue weighted by molar-refractivity contribution is -0.153. The number of amides is 1. The van der Waals surface area contributed by atoms with Crippen molar-refractivity contribution in [3.63, 3.8) is 0 Å². The zero-order valence-electron chi connectivity index (χ0n) is 15.5. The van der Waals surface area contributed by atoms with Gasteiger partial charge in [0, 0.05) is 20.0 Å². The van der Waals surface area contributed by atoms with E-state index >= 15 is 0 Å². The van der Waals surface area contributed by atoms with E-state index in [4.69, 9.17) is 4.74 Å². The summed E-state index contributed by atoms with van der Waals surface area (Å²) in [6, 6.07) is -0.215. The Balaban J connectivity index is 1.84. The van der Waals surface area contributed by atoms with Gasteiger partial charge in [-0.15, -0.1) is 0 Å². The van der Waals surface area contributed by atoms with E-state index < -0.39 is 12.8 Å². The number of rotatable bonds is 4. The predicted molar refractivity (Wildman–Crippen MR) is 94.0 cm³/mol. The van der Waals surface area contributed by atoms with Crippen molar-refractivity contribution in [3.8, 4) is 17.0 Å². The first-order valence-electron chi connectivity index (χ1n) is 8.83. The summed E-state index contributed by atoms with van der Waals surface area (Å²) in [5.74, 6) is 0.0239. The third kappa shape index (κ3) is 3.25. The predicted octanol–water partition coefficient (Wildman–Crippen LogP) is 2.68. The molecule has 0 aromatic carbocycles. The van der Waals surface area contributed by atoms with Crippen molar-refractivity contribution in [2.75, 3.05) is 23.9 Å². The van der Waals surface area contributed by atoms with E-state index in [-0.39, 0.29) is 29.4 Å². The molecular weight excluding hydrogens is 377 g/mol. The number of pyridine rings is 1. The molecule has 11 heteroatoms. The normalized spacial score (nSPS) is 18.5. The molecule has 0 radical (unpaired) electrons. The van der Waals surface area contributed by atoms with E-state index in [1.807, 2.05) is 11.8 Å². The highest BCUT2D eigenvalue weighted by atomic mass is 19.4. The largest absolute Gasteiger partial charge is 0.482 e. The van der Waals surface area contributed by atoms with Gasteiger partial charge in [-0.1, -0.05) is 0 Å². The molecule has 150 valence electrons. The summed E-state index contributed by atoms with van der Waals surface area (Å²) in [5, 5.41) is 11.5. The number of carbonyl (C=O) groups is 1. The molecule has 1 fully saturated rings. The molecule has 2 aromatic heterocycles. The Morgan fingerprint density at radius 3 is 2.68 bits per heavy atom. The van der Waals surface area contributed by atoms with Crippen LogP contribution < -0.4 is 15.0 Å². The molecule has 0 saturated heterocycles. The number of fused-ring (bicyclic) bond motifs is 3. The molecule has 28 heavy (non-hydrogen) atoms. The molecule has 1 saturated carbocycles. The maximum atomic E-state index is 12.7. The lowest BCUT2D eigenvalue weighted by Crippen LogP contribution is -2.29. The van der Waals surface area contributed by atoms with E-state index in [0.717, 1.165) is 12.8 Å². The van der Waals surface area contributed by atoms with Crippen molar-refractivity contribution in [2.45, 2.75) is 32.0 Å². The van der Waals surface area contributed by atoms with E-state index in [2.05, 4.69) is 20.5 Å². The van der Waals surface area contributed by atoms with E-state index in [1.54, 1.807) is 14.1 Å². The SMILES string of the molecule is CC1c2nn(C)nc2-c2c(OCC(F)(F)F)cnc(NC(=O)C3CC3)c2N1C. The Labute approximate surface area is 158 Å². The molecule has 0 bridgehead atoms. The monoisotopic (exact) mass is 396 g/mol. The molecule has 0 spiro atoms. The van der Waals surface area contributed by atoms with Crippen LogP contribution in [0.1, 0.15) is 31.5 Å². The van der Waals surface area contributed by atoms with Crippen molar-refractivity contribution < 1.29 is 22.7 Å². The molecule has 3 heterocycles. The van der Waals surface area contributed by atoms with Gasteiger partial charge in [0.25, 0.3) is 0 Å². The Bertz CT molecular complexity index is 938. The second kappa shape index (κ2) is 6.35. The number of nitrogens with zero attached hydrogens (tertiary/aromatic N) is 5. The fourth-order valence-electron chi connectivity index (χ4n) is 3.24. The Hall–Kier alpha value is -2.85. The Morgan fingerprint density at radius 1 is 1.32 bits per heavy atom. The summed E-state index contributed by atoms with van der Waals surface area (Å²) in [7, 11) is 3.40. The van der Waals surface area contributed by atoms with Gasteiger partial charge in [0.05, 0.1) is 23.5 Å². The maximum absolute atomic E-state index is 12.7. The number of alkyl halides is 3. The van der Waals surface area contributed by atoms with Gasteiger partial charge in [-0.3, -0.25) is 4.79 Å². The highest BCUT2D eigenvalue weighted by molar-refractivity contribution is 6.00. The molecule has 1 amide bonds. The smallest absolute Gasteiger partial charge is 0.422 e. The summed E-state index contributed by atoms with van der Waals surface area (Å²) in [5.41, 5.74) is 1.84. The molecule has 1 aliphatic carbocycles. The molecule has 2 aliphatic rings. The first kappa shape index (κ1) is 18.5. The van der Waals surface area contributed by atoms with Gasteiger partial charge in [-0.25, -0.2) is 4.98 Å². The van der Waals surface area contributed by atoms with Crippen LogP contribution in [0.5, 0.6) is 5.75 Å². The van der Waals surface area contributed by atoms with Gasteiger partial charge in [0.1, 0.15) is 17.1 Å². The number of halogens is 3. The van der Waals surface area contributed by atoms with Crippen molar-refractivity contribution in [2.24, 2.45) is 13.0 Å². The number of hydrogen-bond acceptors (Lipinski definition) is 6. The zero-order chi connectivity index (χ0) is 20.2. The van der Waals surface area contributed by atoms with Crippen LogP contribution >= 0.6 is 0 Å². The number of anilines is 2. The second-order valence-electron chi connectivity index (χ2n) is 7.07. The fraction of sp³-hybridized carbons (Fsp3) is 0.529. The molecule has 1 N–H and O–H groups in total. The Morgan fingerprint density at radius 2 is 2.04 bits per heavy atom. The summed E-state index contributed by atoms with van der Waals surface area (Å²) in [4.78, 5) is 19.6. The number of aromatic nitrogens is 4. The van der Waals surface area contributed by atoms with Crippen LogP contribution in [0.15, 0.2) is 6.20 Å². The molecule has 1 unspecified atom stereocenters. The van der Waals surface area contributed by atoms with Crippen molar-refractivity contribution >= 4 is 17.4 Å². The summed E-state index contributed by atoms with van der Waals surface area (Å²) in [6.45, 7) is 0.440. The number of nitrogens with one attached hydrogen (secondary N) is 1. The molecule has 8 nitrogen and oxygen atoms in total. The minimum absolute atomic E-state index is 0.0444. The van der Waals surface area contributed by atoms with Crippen LogP contribution in [0.2, 0.25) is 0 Å². The van der Waals surface area contributed by atoms with Crippen LogP contribution in [0.3, 0.4) is 0 Å². The highest BCUT2D eigenvalue weighted by Gasteiger charge is 2.38. The number of hydrogen-bond donors (Lipinski definition) is 1. The van der Waals surface area contributed by atoms with Gasteiger partial charge < -0.3 is 15.0 Å². The topological polar surface area (TPSA) is 85.2 Å². The third-order valence-electron chi connectivity index (χ3n) is 4.91. The van der Waals surface area contributed by atoms with Crippen molar-refractivity contribution in [1.29, 1.82) is 0 Å². The van der Waals surface area contributed by atoms with Crippen LogP contribution in [0.4, 0.5) is 24.7 Å². The summed E-state index contributed by atoms with van der Waals surface area (Å²) >= 11 is 0. The lowest BCUT2D eigenvalue weighted by Gasteiger charge is -2.34. The molecule has 1 aliphatic heterocycles. The third-order valence-corrected chi connectivity index (χ3v) is 4.91. The number of ether oxygens (including phenoxy) is 1. The zero-order valence-corrected chi connectivity index (χ0v) is 15.5. The van der Waals surface area contributed by atoms with Gasteiger partial charge in [-0.05, 0) is 19.8 Å². The van der Waals surface area contributed by atoms with Crippen LogP contribution in [0, 0.1) is 5.92 Å². The summed E-state index contributed by atoms with van der Waals surface area (Å²) < 4.78 is 43.2. The first-order chi connectivity index (χ1) is 13.2. The minimum atomic E-state index is -4.50. The van der Waals surface area contributed by atoms with Crippen LogP contribution in [-0.2, 0) is 11.8 Å². The number of aryl methyl sites for hydroxylation is 1. The molecular formula is C17H19F3N6O2. The average Bonchev–Trinajstić information content (AvgIpc) is 3.39. The van der Waals surface area contributed by atoms with Crippen LogP contribution in [-0.4, -0.2) is 45.7 Å². The fourth-order valence-corrected chi connectivity index (χ4v) is 3.24.